The van der Waals surface area contributed by atoms with Crippen molar-refractivity contribution in [2.24, 2.45) is 0 Å². The summed E-state index contributed by atoms with van der Waals surface area (Å²) in [5, 5.41) is 9.78. The van der Waals surface area contributed by atoms with Crippen LogP contribution in [0.5, 0.6) is 0 Å². The fourth-order valence-electron chi connectivity index (χ4n) is 1.45. The highest BCUT2D eigenvalue weighted by atomic mass is 35.5. The van der Waals surface area contributed by atoms with Crippen molar-refractivity contribution in [2.75, 3.05) is 6.61 Å². The van der Waals surface area contributed by atoms with E-state index in [1.165, 1.54) is 0 Å². The van der Waals surface area contributed by atoms with E-state index in [4.69, 9.17) is 28.3 Å². The molecule has 1 heterocycles. The van der Waals surface area contributed by atoms with Gasteiger partial charge in [0.1, 0.15) is 0 Å². The fraction of sp³-hybridized carbons (Fsp3) is 0.273. The Hall–Kier alpha value is -0.900. The number of benzene rings is 1. The summed E-state index contributed by atoms with van der Waals surface area (Å²) in [6.45, 7) is 0.117. The number of fused-ring (bicyclic) bond motifs is 1. The molecular weight excluding hydrogens is 247 g/mol. The van der Waals surface area contributed by atoms with Crippen LogP contribution in [0, 0.1) is 0 Å². The van der Waals surface area contributed by atoms with Gasteiger partial charge in [0.2, 0.25) is 0 Å². The maximum Gasteiger partial charge on any atom is 0.151 e. The van der Waals surface area contributed by atoms with Crippen molar-refractivity contribution >= 4 is 34.2 Å². The van der Waals surface area contributed by atoms with Crippen molar-refractivity contribution in [3.8, 4) is 0 Å². The van der Waals surface area contributed by atoms with E-state index in [0.717, 1.165) is 11.0 Å². The van der Waals surface area contributed by atoms with E-state index in [-0.39, 0.29) is 6.61 Å². The number of aliphatic hydroxyl groups excluding tert-OH is 1. The van der Waals surface area contributed by atoms with Gasteiger partial charge in [0, 0.05) is 11.6 Å². The summed E-state index contributed by atoms with van der Waals surface area (Å²) in [5.74, 6) is 0. The van der Waals surface area contributed by atoms with Crippen LogP contribution in [0.1, 0.15) is 12.1 Å². The van der Waals surface area contributed by atoms with Gasteiger partial charge in [0.25, 0.3) is 0 Å². The quantitative estimate of drug-likeness (QED) is 0.919. The van der Waals surface area contributed by atoms with Crippen LogP contribution in [-0.4, -0.2) is 21.7 Å². The smallest absolute Gasteiger partial charge is 0.151 e. The number of aryl methyl sites for hydroxylation is 1. The third-order valence-corrected chi connectivity index (χ3v) is 2.76. The summed E-state index contributed by atoms with van der Waals surface area (Å²) in [4.78, 5) is 8.62. The molecule has 0 fully saturated rings. The molecule has 0 aliphatic carbocycles. The molecule has 5 heteroatoms. The highest BCUT2D eigenvalue weighted by Gasteiger charge is 2.06. The van der Waals surface area contributed by atoms with E-state index < -0.39 is 0 Å². The number of rotatable bonds is 3. The van der Waals surface area contributed by atoms with Crippen LogP contribution < -0.4 is 0 Å². The number of nitrogens with zero attached hydrogens (tertiary/aromatic N) is 2. The van der Waals surface area contributed by atoms with Crippen molar-refractivity contribution < 1.29 is 5.11 Å². The van der Waals surface area contributed by atoms with Crippen molar-refractivity contribution in [1.82, 2.24) is 9.97 Å². The van der Waals surface area contributed by atoms with Gasteiger partial charge in [0.15, 0.2) is 5.15 Å². The van der Waals surface area contributed by atoms with Crippen LogP contribution in [-0.2, 0) is 6.42 Å². The molecule has 2 aromatic rings. The topological polar surface area (TPSA) is 46.0 Å². The van der Waals surface area contributed by atoms with Crippen molar-refractivity contribution in [3.63, 3.8) is 0 Å². The maximum atomic E-state index is 8.76. The molecule has 0 saturated heterocycles. The molecule has 0 aliphatic rings. The minimum absolute atomic E-state index is 0.117. The summed E-state index contributed by atoms with van der Waals surface area (Å²) in [5.41, 5.74) is 2.15. The molecule has 0 amide bonds. The van der Waals surface area contributed by atoms with Gasteiger partial charge in [-0.05, 0) is 31.0 Å². The SMILES string of the molecule is OCCCc1nc2cc(Cl)ccc2nc1Cl. The predicted molar refractivity (Wildman–Crippen MR) is 65.0 cm³/mol. The van der Waals surface area contributed by atoms with Crippen LogP contribution in [0.25, 0.3) is 11.0 Å². The second-order valence-electron chi connectivity index (χ2n) is 3.42. The van der Waals surface area contributed by atoms with Crippen LogP contribution in [0.4, 0.5) is 0 Å². The minimum Gasteiger partial charge on any atom is -0.396 e. The molecule has 0 unspecified atom stereocenters. The van der Waals surface area contributed by atoms with Gasteiger partial charge < -0.3 is 5.11 Å². The number of aromatic nitrogens is 2. The molecule has 1 aromatic heterocycles. The lowest BCUT2D eigenvalue weighted by Crippen LogP contribution is -1.97. The highest BCUT2D eigenvalue weighted by molar-refractivity contribution is 6.31. The first-order valence-electron chi connectivity index (χ1n) is 4.93. The molecule has 0 atom stereocenters. The number of hydrogen-bond donors (Lipinski definition) is 1. The summed E-state index contributed by atoms with van der Waals surface area (Å²) in [6.07, 6.45) is 1.24. The average molecular weight is 257 g/mol. The van der Waals surface area contributed by atoms with E-state index in [1.54, 1.807) is 18.2 Å². The minimum atomic E-state index is 0.117. The Morgan fingerprint density at radius 3 is 2.69 bits per heavy atom. The first-order valence-corrected chi connectivity index (χ1v) is 5.69. The molecule has 0 radical (unpaired) electrons. The summed E-state index contributed by atoms with van der Waals surface area (Å²) < 4.78 is 0. The molecule has 1 N–H and O–H groups in total. The van der Waals surface area contributed by atoms with Crippen LogP contribution in [0.2, 0.25) is 10.2 Å². The second-order valence-corrected chi connectivity index (χ2v) is 4.22. The normalized spacial score (nSPS) is 10.9. The Morgan fingerprint density at radius 1 is 1.12 bits per heavy atom. The molecule has 16 heavy (non-hydrogen) atoms. The average Bonchev–Trinajstić information content (AvgIpc) is 2.27. The van der Waals surface area contributed by atoms with Crippen molar-refractivity contribution in [3.05, 3.63) is 34.1 Å². The lowest BCUT2D eigenvalue weighted by atomic mass is 10.2. The van der Waals surface area contributed by atoms with Gasteiger partial charge in [-0.25, -0.2) is 9.97 Å². The first-order chi connectivity index (χ1) is 7.70. The molecular formula is C11H10Cl2N2O. The van der Waals surface area contributed by atoms with E-state index in [0.29, 0.717) is 28.7 Å². The van der Waals surface area contributed by atoms with E-state index in [9.17, 15) is 0 Å². The molecule has 84 valence electrons. The molecule has 0 bridgehead atoms. The number of aliphatic hydroxyl groups is 1. The third kappa shape index (κ3) is 2.43. The zero-order valence-corrected chi connectivity index (χ0v) is 9.96. The molecule has 2 rings (SSSR count). The zero-order chi connectivity index (χ0) is 11.5. The first kappa shape index (κ1) is 11.6. The van der Waals surface area contributed by atoms with Crippen LogP contribution >= 0.6 is 23.2 Å². The lowest BCUT2D eigenvalue weighted by Gasteiger charge is -2.04. The summed E-state index contributed by atoms with van der Waals surface area (Å²) >= 11 is 11.9. The molecule has 3 nitrogen and oxygen atoms in total. The van der Waals surface area contributed by atoms with Crippen LogP contribution in [0.15, 0.2) is 18.2 Å². The van der Waals surface area contributed by atoms with E-state index in [1.807, 2.05) is 0 Å². The van der Waals surface area contributed by atoms with E-state index in [2.05, 4.69) is 9.97 Å². The number of halogens is 2. The molecule has 1 aromatic carbocycles. The van der Waals surface area contributed by atoms with Gasteiger partial charge >= 0.3 is 0 Å². The Morgan fingerprint density at radius 2 is 1.94 bits per heavy atom. The Labute approximate surface area is 103 Å². The molecule has 0 saturated carbocycles. The lowest BCUT2D eigenvalue weighted by molar-refractivity contribution is 0.288. The van der Waals surface area contributed by atoms with Gasteiger partial charge in [-0.15, -0.1) is 0 Å². The van der Waals surface area contributed by atoms with Gasteiger partial charge in [0.05, 0.1) is 16.7 Å². The summed E-state index contributed by atoms with van der Waals surface area (Å²) in [7, 11) is 0. The van der Waals surface area contributed by atoms with Gasteiger partial charge in [-0.2, -0.15) is 0 Å². The van der Waals surface area contributed by atoms with Crippen LogP contribution in [0.3, 0.4) is 0 Å². The summed E-state index contributed by atoms with van der Waals surface area (Å²) in [6, 6.07) is 5.29. The zero-order valence-electron chi connectivity index (χ0n) is 8.45. The number of hydrogen-bond acceptors (Lipinski definition) is 3. The predicted octanol–water partition coefficient (Wildman–Crippen LogP) is 2.86. The Kier molecular flexibility index (Phi) is 3.59. The van der Waals surface area contributed by atoms with Gasteiger partial charge in [-0.1, -0.05) is 23.2 Å². The largest absolute Gasteiger partial charge is 0.396 e. The Balaban J connectivity index is 2.46. The maximum absolute atomic E-state index is 8.76. The molecule has 0 spiro atoms. The fourth-order valence-corrected chi connectivity index (χ4v) is 1.84. The standard InChI is InChI=1S/C11H10Cl2N2O/c12-7-3-4-8-10(6-7)14-9(2-1-5-16)11(13)15-8/h3-4,6,16H,1-2,5H2. The third-order valence-electron chi connectivity index (χ3n) is 2.22. The monoisotopic (exact) mass is 256 g/mol. The Bertz CT molecular complexity index is 517. The molecule has 0 aliphatic heterocycles. The van der Waals surface area contributed by atoms with Crippen molar-refractivity contribution in [2.45, 2.75) is 12.8 Å². The van der Waals surface area contributed by atoms with E-state index >= 15 is 0 Å². The van der Waals surface area contributed by atoms with Gasteiger partial charge in [-0.3, -0.25) is 0 Å². The highest BCUT2D eigenvalue weighted by Crippen LogP contribution is 2.21. The van der Waals surface area contributed by atoms with Crippen molar-refractivity contribution in [1.29, 1.82) is 0 Å². The second kappa shape index (κ2) is 4.95.